The van der Waals surface area contributed by atoms with Crippen molar-refractivity contribution < 1.29 is 4.74 Å². The van der Waals surface area contributed by atoms with Gasteiger partial charge in [0, 0.05) is 23.3 Å². The third-order valence-corrected chi connectivity index (χ3v) is 3.80. The lowest BCUT2D eigenvalue weighted by atomic mass is 10.2. The summed E-state index contributed by atoms with van der Waals surface area (Å²) in [6.07, 6.45) is 0.822. The van der Waals surface area contributed by atoms with Crippen molar-refractivity contribution in [3.8, 4) is 5.88 Å². The predicted molar refractivity (Wildman–Crippen MR) is 80.0 cm³/mol. The molecule has 7 heteroatoms. The molecule has 0 aliphatic heterocycles. The molecular formula is C13H19N5OS. The molecule has 2 aromatic heterocycles. The number of thiazole rings is 1. The van der Waals surface area contributed by atoms with Crippen molar-refractivity contribution in [1.29, 1.82) is 0 Å². The monoisotopic (exact) mass is 293 g/mol. The minimum absolute atomic E-state index is 0.217. The average molecular weight is 293 g/mol. The zero-order chi connectivity index (χ0) is 14.5. The van der Waals surface area contributed by atoms with Crippen molar-refractivity contribution in [3.63, 3.8) is 0 Å². The largest absolute Gasteiger partial charge is 0.477 e. The second-order valence-corrected chi connectivity index (χ2v) is 5.65. The third-order valence-electron chi connectivity index (χ3n) is 2.81. The Hall–Kier alpha value is -1.73. The fraction of sp³-hybridized carbons (Fsp3) is 0.462. The highest BCUT2D eigenvalue weighted by Crippen LogP contribution is 2.19. The second-order valence-electron chi connectivity index (χ2n) is 4.71. The van der Waals surface area contributed by atoms with Gasteiger partial charge in [0.25, 0.3) is 0 Å². The maximum atomic E-state index is 5.70. The van der Waals surface area contributed by atoms with Crippen LogP contribution in [0.25, 0.3) is 0 Å². The first-order valence-electron chi connectivity index (χ1n) is 6.47. The van der Waals surface area contributed by atoms with Crippen LogP contribution >= 0.6 is 11.3 Å². The molecule has 6 nitrogen and oxygen atoms in total. The summed E-state index contributed by atoms with van der Waals surface area (Å²) in [6.45, 7) is 6.62. The van der Waals surface area contributed by atoms with E-state index in [2.05, 4.69) is 20.4 Å². The smallest absolute Gasteiger partial charge is 0.218 e. The Kier molecular flexibility index (Phi) is 4.86. The molecule has 0 fully saturated rings. The van der Waals surface area contributed by atoms with Gasteiger partial charge in [-0.25, -0.2) is 15.8 Å². The molecule has 0 aliphatic rings. The lowest BCUT2D eigenvalue weighted by molar-refractivity contribution is 0.308. The quantitative estimate of drug-likeness (QED) is 0.627. The molecule has 0 amide bonds. The molecule has 0 aromatic carbocycles. The zero-order valence-corrected chi connectivity index (χ0v) is 12.7. The van der Waals surface area contributed by atoms with Gasteiger partial charge < -0.3 is 10.2 Å². The molecule has 3 N–H and O–H groups in total. The van der Waals surface area contributed by atoms with Gasteiger partial charge in [-0.1, -0.05) is 13.8 Å². The van der Waals surface area contributed by atoms with Crippen LogP contribution in [0.15, 0.2) is 11.6 Å². The number of ether oxygens (including phenoxy) is 1. The Labute approximate surface area is 122 Å². The van der Waals surface area contributed by atoms with Crippen LogP contribution in [0.4, 0.5) is 5.82 Å². The number of nitrogens with two attached hydrogens (primary N) is 1. The first-order valence-corrected chi connectivity index (χ1v) is 7.35. The predicted octanol–water partition coefficient (Wildman–Crippen LogP) is 2.27. The van der Waals surface area contributed by atoms with Crippen LogP contribution in [-0.4, -0.2) is 21.6 Å². The fourth-order valence-electron chi connectivity index (χ4n) is 1.66. The number of nitrogens with one attached hydrogen (secondary N) is 1. The van der Waals surface area contributed by atoms with Crippen LogP contribution in [0.2, 0.25) is 0 Å². The lowest BCUT2D eigenvalue weighted by Gasteiger charge is -2.10. The summed E-state index contributed by atoms with van der Waals surface area (Å²) in [7, 11) is 0. The highest BCUT2D eigenvalue weighted by molar-refractivity contribution is 7.09. The minimum Gasteiger partial charge on any atom is -0.477 e. The number of nitrogen functional groups attached to an aromatic ring is 1. The number of hydrazine groups is 1. The molecule has 0 aliphatic carbocycles. The molecule has 0 radical (unpaired) electrons. The molecule has 2 aromatic rings. The van der Waals surface area contributed by atoms with Crippen LogP contribution in [0.5, 0.6) is 5.88 Å². The molecule has 0 saturated carbocycles. The Balaban J connectivity index is 2.01. The number of anilines is 1. The summed E-state index contributed by atoms with van der Waals surface area (Å²) in [5.74, 6) is 7.44. The molecule has 2 rings (SSSR count). The lowest BCUT2D eigenvalue weighted by Crippen LogP contribution is -2.12. The van der Waals surface area contributed by atoms with Crippen molar-refractivity contribution >= 4 is 17.2 Å². The first-order chi connectivity index (χ1) is 9.60. The number of hydrogen-bond acceptors (Lipinski definition) is 7. The highest BCUT2D eigenvalue weighted by Gasteiger charge is 2.09. The van der Waals surface area contributed by atoms with E-state index in [0.29, 0.717) is 24.1 Å². The van der Waals surface area contributed by atoms with E-state index in [0.717, 1.165) is 12.1 Å². The SMILES string of the molecule is Cc1ncsc1CCOc1cc(NN)nc(C(C)C)n1. The Bertz CT molecular complexity index is 570. The number of aryl methyl sites for hydroxylation is 1. The molecule has 0 bridgehead atoms. The van der Waals surface area contributed by atoms with Crippen LogP contribution in [0.3, 0.4) is 0 Å². The van der Waals surface area contributed by atoms with Crippen LogP contribution in [0, 0.1) is 6.92 Å². The second kappa shape index (κ2) is 6.62. The van der Waals surface area contributed by atoms with Gasteiger partial charge in [-0.15, -0.1) is 11.3 Å². The van der Waals surface area contributed by atoms with E-state index in [4.69, 9.17) is 10.6 Å². The fourth-order valence-corrected chi connectivity index (χ4v) is 2.43. The van der Waals surface area contributed by atoms with Gasteiger partial charge in [0.05, 0.1) is 17.8 Å². The summed E-state index contributed by atoms with van der Waals surface area (Å²) < 4.78 is 5.70. The van der Waals surface area contributed by atoms with Gasteiger partial charge in [0.2, 0.25) is 5.88 Å². The number of nitrogens with zero attached hydrogens (tertiary/aromatic N) is 3. The molecular weight excluding hydrogens is 274 g/mol. The van der Waals surface area contributed by atoms with Gasteiger partial charge in [0.1, 0.15) is 11.6 Å². The van der Waals surface area contributed by atoms with Crippen molar-refractivity contribution in [1.82, 2.24) is 15.0 Å². The average Bonchev–Trinajstić information content (AvgIpc) is 2.84. The van der Waals surface area contributed by atoms with Crippen molar-refractivity contribution in [3.05, 3.63) is 28.0 Å². The maximum absolute atomic E-state index is 5.70. The topological polar surface area (TPSA) is 86.0 Å². The molecule has 0 atom stereocenters. The van der Waals surface area contributed by atoms with Gasteiger partial charge in [-0.2, -0.15) is 4.98 Å². The van der Waals surface area contributed by atoms with Crippen LogP contribution in [-0.2, 0) is 6.42 Å². The van der Waals surface area contributed by atoms with E-state index in [9.17, 15) is 0 Å². The number of hydrogen-bond donors (Lipinski definition) is 2. The molecule has 2 heterocycles. The Morgan fingerprint density at radius 2 is 2.20 bits per heavy atom. The van der Waals surface area contributed by atoms with Gasteiger partial charge in [-0.3, -0.25) is 0 Å². The molecule has 20 heavy (non-hydrogen) atoms. The summed E-state index contributed by atoms with van der Waals surface area (Å²) in [4.78, 5) is 14.1. The standard InChI is InChI=1S/C13H19N5OS/c1-8(2)13-16-11(18-14)6-12(17-13)19-5-4-10-9(3)15-7-20-10/h6-8H,4-5,14H2,1-3H3,(H,16,17,18). The Morgan fingerprint density at radius 1 is 1.40 bits per heavy atom. The van der Waals surface area contributed by atoms with Gasteiger partial charge in [0.15, 0.2) is 0 Å². The molecule has 108 valence electrons. The molecule has 0 saturated heterocycles. The molecule has 0 unspecified atom stereocenters. The van der Waals surface area contributed by atoms with Crippen molar-refractivity contribution in [2.75, 3.05) is 12.0 Å². The van der Waals surface area contributed by atoms with Crippen LogP contribution < -0.4 is 16.0 Å². The van der Waals surface area contributed by atoms with E-state index in [-0.39, 0.29) is 5.92 Å². The van der Waals surface area contributed by atoms with Gasteiger partial charge >= 0.3 is 0 Å². The van der Waals surface area contributed by atoms with E-state index >= 15 is 0 Å². The highest BCUT2D eigenvalue weighted by atomic mass is 32.1. The van der Waals surface area contributed by atoms with Gasteiger partial charge in [-0.05, 0) is 6.92 Å². The normalized spacial score (nSPS) is 10.8. The summed E-state index contributed by atoms with van der Waals surface area (Å²) in [5.41, 5.74) is 5.45. The summed E-state index contributed by atoms with van der Waals surface area (Å²) in [6, 6.07) is 1.70. The minimum atomic E-state index is 0.217. The van der Waals surface area contributed by atoms with E-state index in [1.54, 1.807) is 17.4 Å². The van der Waals surface area contributed by atoms with Crippen LogP contribution in [0.1, 0.15) is 36.2 Å². The number of aromatic nitrogens is 3. The molecule has 0 spiro atoms. The summed E-state index contributed by atoms with van der Waals surface area (Å²) in [5, 5.41) is 0. The van der Waals surface area contributed by atoms with Crippen molar-refractivity contribution in [2.45, 2.75) is 33.1 Å². The Morgan fingerprint density at radius 3 is 2.80 bits per heavy atom. The van der Waals surface area contributed by atoms with E-state index in [1.165, 1.54) is 4.88 Å². The third kappa shape index (κ3) is 3.64. The van der Waals surface area contributed by atoms with E-state index in [1.807, 2.05) is 26.3 Å². The first kappa shape index (κ1) is 14.7. The van der Waals surface area contributed by atoms with E-state index < -0.39 is 0 Å². The zero-order valence-electron chi connectivity index (χ0n) is 11.9. The maximum Gasteiger partial charge on any atom is 0.218 e. The summed E-state index contributed by atoms with van der Waals surface area (Å²) >= 11 is 1.64. The van der Waals surface area contributed by atoms with Crippen molar-refractivity contribution in [2.24, 2.45) is 5.84 Å². The number of rotatable bonds is 6.